The van der Waals surface area contributed by atoms with Gasteiger partial charge in [0.1, 0.15) is 5.82 Å². The lowest BCUT2D eigenvalue weighted by Crippen LogP contribution is -2.55. The molecular formula is C24H24F4N4O2S. The number of halogens is 4. The molecule has 2 atom stereocenters. The molecule has 0 bridgehead atoms. The largest absolute Gasteiger partial charge is 0.417 e. The Morgan fingerprint density at radius 3 is 2.46 bits per heavy atom. The number of thiophene rings is 1. The minimum Gasteiger partial charge on any atom is -0.367 e. The Morgan fingerprint density at radius 2 is 1.86 bits per heavy atom. The van der Waals surface area contributed by atoms with Crippen LogP contribution in [0.15, 0.2) is 46.0 Å². The topological polar surface area (TPSA) is 68.4 Å². The third kappa shape index (κ3) is 5.10. The van der Waals surface area contributed by atoms with E-state index in [9.17, 15) is 22.8 Å². The van der Waals surface area contributed by atoms with Crippen LogP contribution in [-0.2, 0) is 6.18 Å². The molecule has 35 heavy (non-hydrogen) atoms. The first kappa shape index (κ1) is 24.9. The Morgan fingerprint density at radius 1 is 1.17 bits per heavy atom. The molecule has 1 saturated heterocycles. The number of benzene rings is 1. The molecule has 6 nitrogen and oxygen atoms in total. The van der Waals surface area contributed by atoms with Crippen molar-refractivity contribution < 1.29 is 22.4 Å². The zero-order valence-corrected chi connectivity index (χ0v) is 20.1. The van der Waals surface area contributed by atoms with E-state index in [2.05, 4.69) is 15.2 Å². The smallest absolute Gasteiger partial charge is 0.367 e. The minimum atomic E-state index is -4.91. The summed E-state index contributed by atoms with van der Waals surface area (Å²) in [4.78, 5) is 30.8. The Hall–Kier alpha value is -3.18. The Balaban J connectivity index is 1.79. The van der Waals surface area contributed by atoms with Gasteiger partial charge in [0.2, 0.25) is 5.56 Å². The van der Waals surface area contributed by atoms with Crippen LogP contribution in [0, 0.1) is 5.82 Å². The van der Waals surface area contributed by atoms with Crippen LogP contribution in [0.25, 0.3) is 11.1 Å². The lowest BCUT2D eigenvalue weighted by atomic mass is 10.0. The Labute approximate surface area is 203 Å². The first-order chi connectivity index (χ1) is 16.5. The van der Waals surface area contributed by atoms with Crippen molar-refractivity contribution >= 4 is 28.6 Å². The van der Waals surface area contributed by atoms with E-state index < -0.39 is 34.6 Å². The molecule has 3 aromatic rings. The molecule has 1 fully saturated rings. The number of rotatable bonds is 4. The number of amides is 1. The molecule has 1 amide bonds. The number of carbonyl (C=O) groups excluding carboxylic acids is 1. The second kappa shape index (κ2) is 9.46. The summed E-state index contributed by atoms with van der Waals surface area (Å²) < 4.78 is 55.8. The van der Waals surface area contributed by atoms with Crippen molar-refractivity contribution in [1.29, 1.82) is 0 Å². The van der Waals surface area contributed by atoms with Gasteiger partial charge >= 0.3 is 6.18 Å². The van der Waals surface area contributed by atoms with Crippen LogP contribution < -0.4 is 15.8 Å². The molecule has 0 aliphatic carbocycles. The van der Waals surface area contributed by atoms with E-state index in [-0.39, 0.29) is 23.3 Å². The van der Waals surface area contributed by atoms with Crippen LogP contribution >= 0.6 is 11.3 Å². The van der Waals surface area contributed by atoms with E-state index in [1.54, 1.807) is 16.8 Å². The molecule has 1 aromatic carbocycles. The highest BCUT2D eigenvalue weighted by Crippen LogP contribution is 2.37. The minimum absolute atomic E-state index is 0.123. The van der Waals surface area contributed by atoms with E-state index >= 15 is 4.39 Å². The van der Waals surface area contributed by atoms with Gasteiger partial charge < -0.3 is 15.2 Å². The predicted octanol–water partition coefficient (Wildman–Crippen LogP) is 5.04. The fourth-order valence-electron chi connectivity index (χ4n) is 4.25. The molecule has 2 N–H and O–H groups in total. The molecule has 1 aliphatic heterocycles. The molecular weight excluding hydrogens is 484 g/mol. The van der Waals surface area contributed by atoms with Crippen LogP contribution in [0.2, 0.25) is 0 Å². The summed E-state index contributed by atoms with van der Waals surface area (Å²) in [6.45, 7) is 5.11. The van der Waals surface area contributed by atoms with Crippen molar-refractivity contribution in [2.24, 2.45) is 0 Å². The summed E-state index contributed by atoms with van der Waals surface area (Å²) in [6, 6.07) is 5.07. The Bertz CT molecular complexity index is 1280. The lowest BCUT2D eigenvalue weighted by Gasteiger charge is -2.44. The number of hydrogen-bond donors (Lipinski definition) is 2. The number of nitrogens with one attached hydrogen (secondary N) is 2. The van der Waals surface area contributed by atoms with Gasteiger partial charge in [-0.1, -0.05) is 0 Å². The van der Waals surface area contributed by atoms with Gasteiger partial charge in [-0.25, -0.2) is 4.39 Å². The van der Waals surface area contributed by atoms with Crippen molar-refractivity contribution in [3.8, 4) is 11.1 Å². The predicted molar refractivity (Wildman–Crippen MR) is 129 cm³/mol. The van der Waals surface area contributed by atoms with E-state index in [4.69, 9.17) is 0 Å². The average Bonchev–Trinajstić information content (AvgIpc) is 3.32. The first-order valence-corrected chi connectivity index (χ1v) is 11.8. The molecule has 4 rings (SSSR count). The van der Waals surface area contributed by atoms with Gasteiger partial charge in [0.15, 0.2) is 0 Å². The number of likely N-dealkylation sites (N-methyl/N-ethyl adjacent to an activating group) is 1. The molecule has 11 heteroatoms. The molecule has 186 valence electrons. The van der Waals surface area contributed by atoms with Gasteiger partial charge in [0.05, 0.1) is 22.5 Å². The fourth-order valence-corrected chi connectivity index (χ4v) is 4.90. The summed E-state index contributed by atoms with van der Waals surface area (Å²) >= 11 is 1.37. The van der Waals surface area contributed by atoms with E-state index in [1.165, 1.54) is 23.5 Å². The SMILES string of the molecule is CC1CN(c2cc(F)c(-c3ccsc3)cc2NC(=O)c2c[nH]c(=O)cc2C(F)(F)F)C[C@H](C)N1C. The summed E-state index contributed by atoms with van der Waals surface area (Å²) in [6.07, 6.45) is -4.17. The van der Waals surface area contributed by atoms with Gasteiger partial charge in [-0.2, -0.15) is 24.5 Å². The number of anilines is 2. The third-order valence-electron chi connectivity index (χ3n) is 6.34. The number of piperazine rings is 1. The number of nitrogens with zero attached hydrogens (tertiary/aromatic N) is 2. The number of H-pyrrole nitrogens is 1. The molecule has 1 aliphatic rings. The molecule has 2 aromatic heterocycles. The maximum Gasteiger partial charge on any atom is 0.417 e. The second-order valence-corrected chi connectivity index (χ2v) is 9.49. The summed E-state index contributed by atoms with van der Waals surface area (Å²) in [5, 5.41) is 6.07. The number of alkyl halides is 3. The highest BCUT2D eigenvalue weighted by atomic mass is 32.1. The third-order valence-corrected chi connectivity index (χ3v) is 7.02. The quantitative estimate of drug-likeness (QED) is 0.485. The summed E-state index contributed by atoms with van der Waals surface area (Å²) in [5.74, 6) is -1.57. The molecule has 0 radical (unpaired) electrons. The highest BCUT2D eigenvalue weighted by molar-refractivity contribution is 7.08. The standard InChI is InChI=1S/C24H24F4N4O2S/c1-13-10-32(11-14(2)31(13)3)21-8-19(25)16(15-4-5-35-12-15)6-20(21)30-23(34)17-9-29-22(33)7-18(17)24(26,27)28/h4-9,12-14H,10-11H2,1-3H3,(H,29,33)(H,30,34)/t13-,14?/m0/s1. The number of carbonyl (C=O) groups is 1. The van der Waals surface area contributed by atoms with Crippen LogP contribution in [-0.4, -0.2) is 48.0 Å². The average molecular weight is 509 g/mol. The van der Waals surface area contributed by atoms with Gasteiger partial charge in [-0.15, -0.1) is 0 Å². The second-order valence-electron chi connectivity index (χ2n) is 8.71. The molecule has 1 unspecified atom stereocenters. The van der Waals surface area contributed by atoms with Crippen LogP contribution in [0.5, 0.6) is 0 Å². The number of aromatic nitrogens is 1. The van der Waals surface area contributed by atoms with Crippen molar-refractivity contribution in [2.75, 3.05) is 30.4 Å². The van der Waals surface area contributed by atoms with Crippen molar-refractivity contribution in [2.45, 2.75) is 32.1 Å². The van der Waals surface area contributed by atoms with Crippen molar-refractivity contribution in [1.82, 2.24) is 9.88 Å². The number of aromatic amines is 1. The van der Waals surface area contributed by atoms with Crippen molar-refractivity contribution in [3.63, 3.8) is 0 Å². The lowest BCUT2D eigenvalue weighted by molar-refractivity contribution is -0.138. The maximum atomic E-state index is 15.2. The summed E-state index contributed by atoms with van der Waals surface area (Å²) in [5.41, 5.74) is -1.68. The van der Waals surface area contributed by atoms with Gasteiger partial charge in [0.25, 0.3) is 5.91 Å². The van der Waals surface area contributed by atoms with Gasteiger partial charge in [-0.05, 0) is 55.4 Å². The zero-order chi connectivity index (χ0) is 25.5. The summed E-state index contributed by atoms with van der Waals surface area (Å²) in [7, 11) is 1.99. The Kier molecular flexibility index (Phi) is 6.74. The fraction of sp³-hybridized carbons (Fsp3) is 0.333. The molecule has 0 saturated carbocycles. The van der Waals surface area contributed by atoms with E-state index in [0.29, 0.717) is 30.4 Å². The van der Waals surface area contributed by atoms with Gasteiger partial charge in [-0.3, -0.25) is 14.5 Å². The van der Waals surface area contributed by atoms with Gasteiger partial charge in [0, 0.05) is 43.0 Å². The highest BCUT2D eigenvalue weighted by Gasteiger charge is 2.36. The first-order valence-electron chi connectivity index (χ1n) is 10.9. The maximum absolute atomic E-state index is 15.2. The van der Waals surface area contributed by atoms with Crippen LogP contribution in [0.1, 0.15) is 29.8 Å². The van der Waals surface area contributed by atoms with Crippen LogP contribution in [0.4, 0.5) is 28.9 Å². The van der Waals surface area contributed by atoms with E-state index in [1.807, 2.05) is 25.8 Å². The van der Waals surface area contributed by atoms with Crippen LogP contribution in [0.3, 0.4) is 0 Å². The molecule has 0 spiro atoms. The number of hydrogen-bond acceptors (Lipinski definition) is 5. The van der Waals surface area contributed by atoms with Crippen molar-refractivity contribution in [3.05, 3.63) is 68.5 Å². The zero-order valence-electron chi connectivity index (χ0n) is 19.2. The number of pyridine rings is 1. The van der Waals surface area contributed by atoms with E-state index in [0.717, 1.165) is 6.20 Å². The normalized spacial score (nSPS) is 19.1. The molecule has 3 heterocycles. The monoisotopic (exact) mass is 508 g/mol.